The van der Waals surface area contributed by atoms with Crippen molar-refractivity contribution in [3.8, 4) is 0 Å². The van der Waals surface area contributed by atoms with Gasteiger partial charge in [-0.15, -0.1) is 0 Å². The molecule has 2 heterocycles. The Kier molecular flexibility index (Phi) is 1.49. The highest BCUT2D eigenvalue weighted by Crippen LogP contribution is 2.41. The molecule has 1 atom stereocenters. The first kappa shape index (κ1) is 8.04. The zero-order chi connectivity index (χ0) is 9.71. The number of carbonyl (C=O) groups excluding carboxylic acids is 1. The number of para-hydroxylation sites is 1. The molecule has 0 bridgehead atoms. The van der Waals surface area contributed by atoms with E-state index in [4.69, 9.17) is 0 Å². The van der Waals surface area contributed by atoms with Crippen molar-refractivity contribution >= 4 is 11.6 Å². The van der Waals surface area contributed by atoms with Crippen LogP contribution in [0.3, 0.4) is 0 Å². The van der Waals surface area contributed by atoms with Crippen molar-refractivity contribution in [2.24, 2.45) is 0 Å². The molecule has 0 aromatic heterocycles. The zero-order valence-corrected chi connectivity index (χ0v) is 8.29. The monoisotopic (exact) mass is 187 g/mol. The molecule has 1 unspecified atom stereocenters. The summed E-state index contributed by atoms with van der Waals surface area (Å²) in [6, 6.07) is 6.42. The summed E-state index contributed by atoms with van der Waals surface area (Å²) in [5.74, 6) is 0.696. The summed E-state index contributed by atoms with van der Waals surface area (Å²) < 4.78 is 0. The Balaban J connectivity index is 2.25. The third kappa shape index (κ3) is 0.884. The third-order valence-electron chi connectivity index (χ3n) is 3.34. The maximum atomic E-state index is 11.8. The molecule has 1 amide bonds. The topological polar surface area (TPSA) is 20.3 Å². The second-order valence-electron chi connectivity index (χ2n) is 4.26. The summed E-state index contributed by atoms with van der Waals surface area (Å²) >= 11 is 0. The van der Waals surface area contributed by atoms with E-state index in [0.717, 1.165) is 13.0 Å². The molecule has 0 saturated carbocycles. The van der Waals surface area contributed by atoms with Gasteiger partial charge in [0, 0.05) is 13.0 Å². The molecule has 0 aliphatic carbocycles. The van der Waals surface area contributed by atoms with E-state index in [-0.39, 0.29) is 0 Å². The van der Waals surface area contributed by atoms with Crippen LogP contribution in [0.15, 0.2) is 18.2 Å². The van der Waals surface area contributed by atoms with Crippen LogP contribution < -0.4 is 4.90 Å². The molecule has 2 aliphatic rings. The van der Waals surface area contributed by atoms with Crippen LogP contribution in [0, 0.1) is 0 Å². The molecule has 0 radical (unpaired) electrons. The minimum Gasteiger partial charge on any atom is -0.312 e. The van der Waals surface area contributed by atoms with Gasteiger partial charge in [0.2, 0.25) is 5.91 Å². The Morgan fingerprint density at radius 3 is 3.14 bits per heavy atom. The van der Waals surface area contributed by atoms with E-state index in [1.165, 1.54) is 16.8 Å². The van der Waals surface area contributed by atoms with Crippen LogP contribution in [0.1, 0.15) is 30.4 Å². The van der Waals surface area contributed by atoms with Gasteiger partial charge in [-0.25, -0.2) is 0 Å². The van der Waals surface area contributed by atoms with E-state index in [1.807, 2.05) is 4.90 Å². The SMILES string of the molecule is CC1CC(=O)N2CCc3cccc1c32. The van der Waals surface area contributed by atoms with Crippen molar-refractivity contribution in [3.63, 3.8) is 0 Å². The van der Waals surface area contributed by atoms with Crippen molar-refractivity contribution in [2.75, 3.05) is 11.4 Å². The minimum absolute atomic E-state index is 0.301. The molecule has 1 aromatic carbocycles. The van der Waals surface area contributed by atoms with Crippen molar-refractivity contribution in [1.82, 2.24) is 0 Å². The Labute approximate surface area is 83.5 Å². The first-order valence-electron chi connectivity index (χ1n) is 5.19. The van der Waals surface area contributed by atoms with Gasteiger partial charge >= 0.3 is 0 Å². The van der Waals surface area contributed by atoms with Gasteiger partial charge in [0.15, 0.2) is 0 Å². The van der Waals surface area contributed by atoms with Crippen LogP contribution in [0.4, 0.5) is 5.69 Å². The summed E-state index contributed by atoms with van der Waals surface area (Å²) in [5, 5.41) is 0. The molecule has 2 aliphatic heterocycles. The Hall–Kier alpha value is -1.31. The van der Waals surface area contributed by atoms with Gasteiger partial charge in [0.05, 0.1) is 5.69 Å². The first-order chi connectivity index (χ1) is 6.77. The lowest BCUT2D eigenvalue weighted by Crippen LogP contribution is -2.34. The predicted molar refractivity (Wildman–Crippen MR) is 55.5 cm³/mol. The number of benzene rings is 1. The molecule has 0 spiro atoms. The summed E-state index contributed by atoms with van der Waals surface area (Å²) in [5.41, 5.74) is 3.93. The number of amides is 1. The third-order valence-corrected chi connectivity index (χ3v) is 3.34. The molecule has 0 saturated heterocycles. The van der Waals surface area contributed by atoms with Gasteiger partial charge in [0.1, 0.15) is 0 Å². The van der Waals surface area contributed by atoms with E-state index in [2.05, 4.69) is 25.1 Å². The van der Waals surface area contributed by atoms with Crippen LogP contribution in [0.2, 0.25) is 0 Å². The summed E-state index contributed by atoms with van der Waals surface area (Å²) in [6.45, 7) is 3.03. The average molecular weight is 187 g/mol. The van der Waals surface area contributed by atoms with Crippen molar-refractivity contribution in [1.29, 1.82) is 0 Å². The maximum absolute atomic E-state index is 11.8. The molecule has 72 valence electrons. The molecule has 2 nitrogen and oxygen atoms in total. The largest absolute Gasteiger partial charge is 0.312 e. The smallest absolute Gasteiger partial charge is 0.227 e. The fraction of sp³-hybridized carbons (Fsp3) is 0.417. The summed E-state index contributed by atoms with van der Waals surface area (Å²) in [7, 11) is 0. The molecular weight excluding hydrogens is 174 g/mol. The van der Waals surface area contributed by atoms with E-state index in [1.54, 1.807) is 0 Å². The summed E-state index contributed by atoms with van der Waals surface area (Å²) in [4.78, 5) is 13.7. The van der Waals surface area contributed by atoms with Gasteiger partial charge in [-0.2, -0.15) is 0 Å². The fourth-order valence-electron chi connectivity index (χ4n) is 2.62. The Morgan fingerprint density at radius 1 is 1.43 bits per heavy atom. The minimum atomic E-state index is 0.301. The van der Waals surface area contributed by atoms with E-state index < -0.39 is 0 Å². The van der Waals surface area contributed by atoms with Crippen LogP contribution >= 0.6 is 0 Å². The highest BCUT2D eigenvalue weighted by atomic mass is 16.2. The number of hydrogen-bond acceptors (Lipinski definition) is 1. The number of nitrogens with zero attached hydrogens (tertiary/aromatic N) is 1. The van der Waals surface area contributed by atoms with Gasteiger partial charge in [-0.05, 0) is 23.5 Å². The number of hydrogen-bond donors (Lipinski definition) is 0. The quantitative estimate of drug-likeness (QED) is 0.609. The standard InChI is InChI=1S/C12H13NO/c1-8-7-11(14)13-6-5-9-3-2-4-10(8)12(9)13/h2-4,8H,5-7H2,1H3. The molecule has 0 fully saturated rings. The number of carbonyl (C=O) groups is 1. The highest BCUT2D eigenvalue weighted by molar-refractivity contribution is 5.99. The number of rotatable bonds is 0. The Bertz CT molecular complexity index is 411. The Morgan fingerprint density at radius 2 is 2.29 bits per heavy atom. The van der Waals surface area contributed by atoms with E-state index in [9.17, 15) is 4.79 Å². The molecular formula is C12H13NO. The summed E-state index contributed by atoms with van der Waals surface area (Å²) in [6.07, 6.45) is 1.71. The number of anilines is 1. The lowest BCUT2D eigenvalue weighted by Gasteiger charge is -2.29. The van der Waals surface area contributed by atoms with Gasteiger partial charge < -0.3 is 4.90 Å². The second-order valence-corrected chi connectivity index (χ2v) is 4.26. The van der Waals surface area contributed by atoms with Gasteiger partial charge in [-0.3, -0.25) is 4.79 Å². The average Bonchev–Trinajstić information content (AvgIpc) is 2.59. The lowest BCUT2D eigenvalue weighted by molar-refractivity contribution is -0.119. The lowest BCUT2D eigenvalue weighted by atomic mass is 9.90. The maximum Gasteiger partial charge on any atom is 0.227 e. The molecule has 0 N–H and O–H groups in total. The van der Waals surface area contributed by atoms with Gasteiger partial charge in [-0.1, -0.05) is 25.1 Å². The normalized spacial score (nSPS) is 23.9. The van der Waals surface area contributed by atoms with Crippen LogP contribution in [-0.4, -0.2) is 12.5 Å². The predicted octanol–water partition coefficient (Wildman–Crippen LogP) is 2.08. The van der Waals surface area contributed by atoms with Crippen LogP contribution in [-0.2, 0) is 11.2 Å². The van der Waals surface area contributed by atoms with E-state index in [0.29, 0.717) is 18.2 Å². The first-order valence-corrected chi connectivity index (χ1v) is 5.19. The van der Waals surface area contributed by atoms with E-state index >= 15 is 0 Å². The molecule has 14 heavy (non-hydrogen) atoms. The van der Waals surface area contributed by atoms with Gasteiger partial charge in [0.25, 0.3) is 0 Å². The molecule has 1 aromatic rings. The van der Waals surface area contributed by atoms with Crippen LogP contribution in [0.5, 0.6) is 0 Å². The second kappa shape index (κ2) is 2.59. The molecule has 3 rings (SSSR count). The van der Waals surface area contributed by atoms with Crippen molar-refractivity contribution in [3.05, 3.63) is 29.3 Å². The highest BCUT2D eigenvalue weighted by Gasteiger charge is 2.33. The van der Waals surface area contributed by atoms with Crippen molar-refractivity contribution < 1.29 is 4.79 Å². The van der Waals surface area contributed by atoms with Crippen molar-refractivity contribution in [2.45, 2.75) is 25.7 Å². The molecule has 2 heteroatoms. The zero-order valence-electron chi connectivity index (χ0n) is 8.29. The fourth-order valence-corrected chi connectivity index (χ4v) is 2.62. The van der Waals surface area contributed by atoms with Crippen LogP contribution in [0.25, 0.3) is 0 Å².